The number of rotatable bonds is 3. The van der Waals surface area contributed by atoms with Crippen LogP contribution in [0, 0.1) is 17.2 Å². The number of hydrogen-bond donors (Lipinski definition) is 3. The fraction of sp³-hybridized carbons (Fsp3) is 0.500. The van der Waals surface area contributed by atoms with Gasteiger partial charge in [0.15, 0.2) is 0 Å². The Morgan fingerprint density at radius 2 is 2.13 bits per heavy atom. The summed E-state index contributed by atoms with van der Waals surface area (Å²) >= 11 is 0. The molecule has 0 amide bonds. The summed E-state index contributed by atoms with van der Waals surface area (Å²) in [7, 11) is 0. The van der Waals surface area contributed by atoms with Crippen LogP contribution in [0.4, 0.5) is 0 Å². The lowest BCUT2D eigenvalue weighted by molar-refractivity contribution is -0.139. The summed E-state index contributed by atoms with van der Waals surface area (Å²) in [5.41, 5.74) is 0.328. The van der Waals surface area contributed by atoms with E-state index in [0.29, 0.717) is 6.42 Å². The SMILES string of the molecule is CC1C(C(=O)O)=CC(=N)CC1CC(=O)O. The van der Waals surface area contributed by atoms with E-state index < -0.39 is 11.9 Å². The molecular formula is C10H13NO4. The molecule has 2 unspecified atom stereocenters. The van der Waals surface area contributed by atoms with Crippen LogP contribution in [0.25, 0.3) is 0 Å². The second-order valence-corrected chi connectivity index (χ2v) is 3.78. The lowest BCUT2D eigenvalue weighted by Gasteiger charge is -2.27. The van der Waals surface area contributed by atoms with Crippen molar-refractivity contribution in [2.24, 2.45) is 11.8 Å². The third kappa shape index (κ3) is 2.65. The molecule has 0 aromatic rings. The zero-order valence-electron chi connectivity index (χ0n) is 8.36. The van der Waals surface area contributed by atoms with Crippen LogP contribution in [-0.4, -0.2) is 27.9 Å². The summed E-state index contributed by atoms with van der Waals surface area (Å²) in [5, 5.41) is 25.0. The first-order valence-electron chi connectivity index (χ1n) is 4.66. The van der Waals surface area contributed by atoms with Crippen LogP contribution in [-0.2, 0) is 9.59 Å². The van der Waals surface area contributed by atoms with Crippen molar-refractivity contribution in [2.75, 3.05) is 0 Å². The van der Waals surface area contributed by atoms with Crippen molar-refractivity contribution in [3.63, 3.8) is 0 Å². The molecule has 0 aromatic carbocycles. The molecular weight excluding hydrogens is 198 g/mol. The van der Waals surface area contributed by atoms with E-state index in [1.165, 1.54) is 6.08 Å². The zero-order valence-corrected chi connectivity index (χ0v) is 8.36. The molecule has 0 aromatic heterocycles. The van der Waals surface area contributed by atoms with Crippen molar-refractivity contribution >= 4 is 17.7 Å². The van der Waals surface area contributed by atoms with Gasteiger partial charge < -0.3 is 15.6 Å². The Labute approximate surface area is 86.9 Å². The van der Waals surface area contributed by atoms with Crippen LogP contribution < -0.4 is 0 Å². The van der Waals surface area contributed by atoms with Gasteiger partial charge in [0.25, 0.3) is 0 Å². The molecule has 0 spiro atoms. The van der Waals surface area contributed by atoms with E-state index in [4.69, 9.17) is 15.6 Å². The van der Waals surface area contributed by atoms with Gasteiger partial charge in [0.05, 0.1) is 0 Å². The first kappa shape index (κ1) is 11.4. The third-order valence-corrected chi connectivity index (χ3v) is 2.69. The predicted molar refractivity (Wildman–Crippen MR) is 53.0 cm³/mol. The molecule has 2 atom stereocenters. The molecule has 1 aliphatic carbocycles. The number of aliphatic carboxylic acids is 2. The standard InChI is InChI=1S/C10H13NO4/c1-5-6(3-9(12)13)2-7(11)4-8(5)10(14)15/h4-6,11H,2-3H2,1H3,(H,12,13)(H,14,15). The molecule has 0 bridgehead atoms. The summed E-state index contributed by atoms with van der Waals surface area (Å²) < 4.78 is 0. The van der Waals surface area contributed by atoms with Crippen molar-refractivity contribution in [3.05, 3.63) is 11.6 Å². The molecule has 5 heteroatoms. The van der Waals surface area contributed by atoms with Gasteiger partial charge in [-0.1, -0.05) is 6.92 Å². The van der Waals surface area contributed by atoms with E-state index in [0.717, 1.165) is 0 Å². The molecule has 0 heterocycles. The molecule has 0 aliphatic heterocycles. The Morgan fingerprint density at radius 1 is 1.53 bits per heavy atom. The summed E-state index contributed by atoms with van der Waals surface area (Å²) in [4.78, 5) is 21.4. The normalized spacial score (nSPS) is 25.9. The molecule has 1 aliphatic rings. The molecule has 5 nitrogen and oxygen atoms in total. The maximum absolute atomic E-state index is 10.8. The minimum Gasteiger partial charge on any atom is -0.481 e. The summed E-state index contributed by atoms with van der Waals surface area (Å²) in [6, 6.07) is 0. The maximum atomic E-state index is 10.8. The van der Waals surface area contributed by atoms with Crippen LogP contribution in [0.5, 0.6) is 0 Å². The van der Waals surface area contributed by atoms with Gasteiger partial charge in [-0.25, -0.2) is 4.79 Å². The van der Waals surface area contributed by atoms with Crippen LogP contribution in [0.15, 0.2) is 11.6 Å². The molecule has 0 radical (unpaired) electrons. The van der Waals surface area contributed by atoms with Gasteiger partial charge in [-0.2, -0.15) is 0 Å². The minimum absolute atomic E-state index is 0.0891. The van der Waals surface area contributed by atoms with Gasteiger partial charge in [-0.15, -0.1) is 0 Å². The van der Waals surface area contributed by atoms with Crippen LogP contribution in [0.3, 0.4) is 0 Å². The quantitative estimate of drug-likeness (QED) is 0.652. The summed E-state index contributed by atoms with van der Waals surface area (Å²) in [6.45, 7) is 1.69. The lowest BCUT2D eigenvalue weighted by Crippen LogP contribution is -2.28. The number of carboxylic acid groups (broad SMARTS) is 2. The van der Waals surface area contributed by atoms with E-state index in [1.807, 2.05) is 0 Å². The molecule has 82 valence electrons. The largest absolute Gasteiger partial charge is 0.481 e. The smallest absolute Gasteiger partial charge is 0.331 e. The number of allylic oxidation sites excluding steroid dienone is 1. The average molecular weight is 211 g/mol. The van der Waals surface area contributed by atoms with Gasteiger partial charge in [0.1, 0.15) is 0 Å². The number of hydrogen-bond acceptors (Lipinski definition) is 3. The van der Waals surface area contributed by atoms with E-state index in [2.05, 4.69) is 0 Å². The topological polar surface area (TPSA) is 98.5 Å². The minimum atomic E-state index is -1.07. The van der Waals surface area contributed by atoms with E-state index in [9.17, 15) is 9.59 Å². The molecule has 1 rings (SSSR count). The van der Waals surface area contributed by atoms with Crippen molar-refractivity contribution < 1.29 is 19.8 Å². The number of carboxylic acids is 2. The zero-order chi connectivity index (χ0) is 11.6. The lowest BCUT2D eigenvalue weighted by atomic mass is 9.77. The monoisotopic (exact) mass is 211 g/mol. The Kier molecular flexibility index (Phi) is 3.24. The highest BCUT2D eigenvalue weighted by Gasteiger charge is 2.31. The third-order valence-electron chi connectivity index (χ3n) is 2.69. The van der Waals surface area contributed by atoms with Crippen molar-refractivity contribution in [1.29, 1.82) is 5.41 Å². The van der Waals surface area contributed by atoms with Gasteiger partial charge in [-0.3, -0.25) is 4.79 Å². The Hall–Kier alpha value is -1.65. The van der Waals surface area contributed by atoms with Crippen molar-refractivity contribution in [1.82, 2.24) is 0 Å². The maximum Gasteiger partial charge on any atom is 0.331 e. The highest BCUT2D eigenvalue weighted by molar-refractivity contribution is 6.02. The van der Waals surface area contributed by atoms with Crippen molar-refractivity contribution in [2.45, 2.75) is 19.8 Å². The fourth-order valence-corrected chi connectivity index (χ4v) is 1.82. The Bertz CT molecular complexity index is 345. The van der Waals surface area contributed by atoms with Gasteiger partial charge in [0.2, 0.25) is 0 Å². The molecule has 0 fully saturated rings. The first-order valence-corrected chi connectivity index (χ1v) is 4.66. The van der Waals surface area contributed by atoms with E-state index >= 15 is 0 Å². The van der Waals surface area contributed by atoms with E-state index in [1.54, 1.807) is 6.92 Å². The molecule has 15 heavy (non-hydrogen) atoms. The predicted octanol–water partition coefficient (Wildman–Crippen LogP) is 1.15. The fourth-order valence-electron chi connectivity index (χ4n) is 1.82. The summed E-state index contributed by atoms with van der Waals surface area (Å²) in [5.74, 6) is -2.62. The highest BCUT2D eigenvalue weighted by Crippen LogP contribution is 2.31. The van der Waals surface area contributed by atoms with Gasteiger partial charge in [0, 0.05) is 17.7 Å². The van der Waals surface area contributed by atoms with Gasteiger partial charge >= 0.3 is 11.9 Å². The number of nitrogens with one attached hydrogen (secondary N) is 1. The second-order valence-electron chi connectivity index (χ2n) is 3.78. The second kappa shape index (κ2) is 4.25. The number of carbonyl (C=O) groups is 2. The van der Waals surface area contributed by atoms with Crippen LogP contribution in [0.1, 0.15) is 19.8 Å². The van der Waals surface area contributed by atoms with E-state index in [-0.39, 0.29) is 29.5 Å². The Balaban J connectivity index is 2.89. The van der Waals surface area contributed by atoms with Gasteiger partial charge in [-0.05, 0) is 24.3 Å². The Morgan fingerprint density at radius 3 is 2.60 bits per heavy atom. The van der Waals surface area contributed by atoms with Crippen LogP contribution in [0.2, 0.25) is 0 Å². The average Bonchev–Trinajstić information content (AvgIpc) is 2.09. The molecule has 0 saturated carbocycles. The molecule has 0 saturated heterocycles. The van der Waals surface area contributed by atoms with Crippen molar-refractivity contribution in [3.8, 4) is 0 Å². The summed E-state index contributed by atoms with van der Waals surface area (Å²) in [6.07, 6.45) is 1.57. The van der Waals surface area contributed by atoms with Crippen LogP contribution >= 0.6 is 0 Å². The first-order chi connectivity index (χ1) is 6.91. The highest BCUT2D eigenvalue weighted by atomic mass is 16.4. The molecule has 3 N–H and O–H groups in total.